The number of methoxy groups -OCH3 is 1. The Morgan fingerprint density at radius 2 is 2.08 bits per heavy atom. The quantitative estimate of drug-likeness (QED) is 0.840. The number of ether oxygens (including phenoxy) is 1. The van der Waals surface area contributed by atoms with Gasteiger partial charge in [-0.3, -0.25) is 4.79 Å². The van der Waals surface area contributed by atoms with E-state index in [4.69, 9.17) is 4.74 Å². The van der Waals surface area contributed by atoms with Crippen molar-refractivity contribution in [1.29, 1.82) is 0 Å². The number of aryl methyl sites for hydroxylation is 1. The average molecular weight is 396 g/mol. The zero-order chi connectivity index (χ0) is 18.7. The van der Waals surface area contributed by atoms with Gasteiger partial charge < -0.3 is 10.1 Å². The molecule has 0 unspecified atom stereocenters. The Hall–Kier alpha value is -1.97. The van der Waals surface area contributed by atoms with Crippen LogP contribution in [0.25, 0.3) is 0 Å². The Morgan fingerprint density at radius 3 is 2.69 bits per heavy atom. The van der Waals surface area contributed by atoms with Gasteiger partial charge in [0.25, 0.3) is 0 Å². The summed E-state index contributed by atoms with van der Waals surface area (Å²) in [6.45, 7) is 2.50. The third-order valence-electron chi connectivity index (χ3n) is 4.30. The van der Waals surface area contributed by atoms with E-state index in [0.717, 1.165) is 4.88 Å². The predicted octanol–water partition coefficient (Wildman–Crippen LogP) is 2.50. The minimum absolute atomic E-state index is 0.171. The fourth-order valence-corrected chi connectivity index (χ4v) is 5.08. The standard InChI is InChI=1S/C17H21N3O4S2/c1-12-10-18-17(25-12)19-16(21)13-4-3-9-20(11-13)26(22,23)15-7-5-14(24-2)6-8-15/h5-8,10,13H,3-4,9,11H2,1-2H3,(H,18,19,21)/t13-/m1/s1. The van der Waals surface area contributed by atoms with Crippen molar-refractivity contribution in [3.8, 4) is 5.75 Å². The van der Waals surface area contributed by atoms with Crippen LogP contribution in [0.4, 0.5) is 5.13 Å². The summed E-state index contributed by atoms with van der Waals surface area (Å²) in [6.07, 6.45) is 3.00. The van der Waals surface area contributed by atoms with Crippen molar-refractivity contribution in [1.82, 2.24) is 9.29 Å². The Morgan fingerprint density at radius 1 is 1.35 bits per heavy atom. The fraction of sp³-hybridized carbons (Fsp3) is 0.412. The Bertz CT molecular complexity index is 878. The van der Waals surface area contributed by atoms with E-state index in [1.165, 1.54) is 34.9 Å². The topological polar surface area (TPSA) is 88.6 Å². The first-order chi connectivity index (χ1) is 12.4. The number of nitrogens with zero attached hydrogens (tertiary/aromatic N) is 2. The van der Waals surface area contributed by atoms with Gasteiger partial charge in [0.05, 0.1) is 17.9 Å². The molecule has 3 rings (SSSR count). The van der Waals surface area contributed by atoms with Crippen molar-refractivity contribution < 1.29 is 17.9 Å². The first kappa shape index (κ1) is 18.8. The molecule has 2 heterocycles. The molecule has 1 aromatic carbocycles. The molecular weight excluding hydrogens is 374 g/mol. The molecule has 1 aromatic heterocycles. The smallest absolute Gasteiger partial charge is 0.243 e. The summed E-state index contributed by atoms with van der Waals surface area (Å²) in [4.78, 5) is 17.8. The van der Waals surface area contributed by atoms with E-state index in [1.807, 2.05) is 6.92 Å². The Balaban J connectivity index is 1.71. The van der Waals surface area contributed by atoms with Crippen LogP contribution in [-0.4, -0.2) is 43.8 Å². The maximum absolute atomic E-state index is 12.9. The molecular formula is C17H21N3O4S2. The molecule has 2 aromatic rings. The summed E-state index contributed by atoms with van der Waals surface area (Å²) in [6, 6.07) is 6.28. The number of piperidine rings is 1. The predicted molar refractivity (Wildman–Crippen MR) is 100.0 cm³/mol. The third-order valence-corrected chi connectivity index (χ3v) is 7.01. The highest BCUT2D eigenvalue weighted by atomic mass is 32.2. The summed E-state index contributed by atoms with van der Waals surface area (Å²) in [5.41, 5.74) is 0. The molecule has 1 saturated heterocycles. The molecule has 0 radical (unpaired) electrons. The summed E-state index contributed by atoms with van der Waals surface area (Å²) in [5, 5.41) is 3.33. The number of thiazole rings is 1. The Kier molecular flexibility index (Phi) is 5.59. The molecule has 26 heavy (non-hydrogen) atoms. The van der Waals surface area contributed by atoms with Gasteiger partial charge >= 0.3 is 0 Å². The van der Waals surface area contributed by atoms with E-state index in [9.17, 15) is 13.2 Å². The van der Waals surface area contributed by atoms with Crippen molar-refractivity contribution in [2.75, 3.05) is 25.5 Å². The van der Waals surface area contributed by atoms with E-state index < -0.39 is 10.0 Å². The molecule has 1 atom stereocenters. The van der Waals surface area contributed by atoms with Crippen LogP contribution in [0.3, 0.4) is 0 Å². The van der Waals surface area contributed by atoms with E-state index >= 15 is 0 Å². The fourth-order valence-electron chi connectivity index (χ4n) is 2.89. The van der Waals surface area contributed by atoms with Crippen LogP contribution in [0.5, 0.6) is 5.75 Å². The molecule has 1 fully saturated rings. The molecule has 0 saturated carbocycles. The molecule has 7 nitrogen and oxygen atoms in total. The first-order valence-corrected chi connectivity index (χ1v) is 10.5. The summed E-state index contributed by atoms with van der Waals surface area (Å²) in [7, 11) is -2.11. The highest BCUT2D eigenvalue weighted by molar-refractivity contribution is 7.89. The lowest BCUT2D eigenvalue weighted by atomic mass is 9.99. The van der Waals surface area contributed by atoms with E-state index in [-0.39, 0.29) is 23.3 Å². The van der Waals surface area contributed by atoms with Gasteiger partial charge in [0.1, 0.15) is 5.75 Å². The summed E-state index contributed by atoms with van der Waals surface area (Å²) in [5.74, 6) is 0.0218. The minimum atomic E-state index is -3.64. The molecule has 1 amide bonds. The van der Waals surface area contributed by atoms with E-state index in [1.54, 1.807) is 18.3 Å². The maximum atomic E-state index is 12.9. The zero-order valence-corrected chi connectivity index (χ0v) is 16.3. The number of amides is 1. The normalized spacial score (nSPS) is 18.5. The monoisotopic (exact) mass is 395 g/mol. The molecule has 1 N–H and O–H groups in total. The van der Waals surface area contributed by atoms with Crippen molar-refractivity contribution in [2.45, 2.75) is 24.7 Å². The second-order valence-electron chi connectivity index (χ2n) is 6.14. The SMILES string of the molecule is COc1ccc(S(=O)(=O)N2CCC[C@@H](C(=O)Nc3ncc(C)s3)C2)cc1. The van der Waals surface area contributed by atoms with Crippen LogP contribution < -0.4 is 10.1 Å². The van der Waals surface area contributed by atoms with Gasteiger partial charge in [0.2, 0.25) is 15.9 Å². The molecule has 1 aliphatic heterocycles. The van der Waals surface area contributed by atoms with Gasteiger partial charge in [-0.05, 0) is 44.0 Å². The lowest BCUT2D eigenvalue weighted by molar-refractivity contribution is -0.120. The molecule has 140 valence electrons. The lowest BCUT2D eigenvalue weighted by Crippen LogP contribution is -2.43. The van der Waals surface area contributed by atoms with Gasteiger partial charge in [0, 0.05) is 24.2 Å². The van der Waals surface area contributed by atoms with Gasteiger partial charge in [-0.25, -0.2) is 13.4 Å². The van der Waals surface area contributed by atoms with Crippen LogP contribution >= 0.6 is 11.3 Å². The van der Waals surface area contributed by atoms with Gasteiger partial charge in [-0.2, -0.15) is 4.31 Å². The maximum Gasteiger partial charge on any atom is 0.243 e. The number of carbonyl (C=O) groups is 1. The summed E-state index contributed by atoms with van der Waals surface area (Å²) < 4.78 is 32.2. The average Bonchev–Trinajstić information content (AvgIpc) is 3.06. The van der Waals surface area contributed by atoms with Crippen molar-refractivity contribution >= 4 is 32.4 Å². The van der Waals surface area contributed by atoms with Crippen LogP contribution in [0.15, 0.2) is 35.4 Å². The highest BCUT2D eigenvalue weighted by Crippen LogP contribution is 2.26. The number of carbonyl (C=O) groups excluding carboxylic acids is 1. The molecule has 0 aliphatic carbocycles. The number of aromatic nitrogens is 1. The number of benzene rings is 1. The second kappa shape index (κ2) is 7.73. The largest absolute Gasteiger partial charge is 0.497 e. The van der Waals surface area contributed by atoms with Crippen molar-refractivity contribution in [3.05, 3.63) is 35.3 Å². The van der Waals surface area contributed by atoms with Gasteiger partial charge in [-0.15, -0.1) is 11.3 Å². The van der Waals surface area contributed by atoms with Crippen molar-refractivity contribution in [3.63, 3.8) is 0 Å². The summed E-state index contributed by atoms with van der Waals surface area (Å²) >= 11 is 1.40. The molecule has 1 aliphatic rings. The van der Waals surface area contributed by atoms with Gasteiger partial charge in [0.15, 0.2) is 5.13 Å². The number of rotatable bonds is 5. The Labute approximate surface area is 157 Å². The zero-order valence-electron chi connectivity index (χ0n) is 14.6. The molecule has 9 heteroatoms. The van der Waals surface area contributed by atoms with Crippen LogP contribution in [0, 0.1) is 12.8 Å². The molecule has 0 bridgehead atoms. The first-order valence-electron chi connectivity index (χ1n) is 8.27. The number of nitrogens with one attached hydrogen (secondary N) is 1. The minimum Gasteiger partial charge on any atom is -0.497 e. The second-order valence-corrected chi connectivity index (χ2v) is 9.32. The lowest BCUT2D eigenvalue weighted by Gasteiger charge is -2.31. The molecule has 0 spiro atoms. The van der Waals surface area contributed by atoms with Gasteiger partial charge in [-0.1, -0.05) is 0 Å². The van der Waals surface area contributed by atoms with Crippen LogP contribution in [0.2, 0.25) is 0 Å². The number of hydrogen-bond donors (Lipinski definition) is 1. The van der Waals surface area contributed by atoms with Crippen LogP contribution in [-0.2, 0) is 14.8 Å². The van der Waals surface area contributed by atoms with Crippen LogP contribution in [0.1, 0.15) is 17.7 Å². The highest BCUT2D eigenvalue weighted by Gasteiger charge is 2.33. The number of hydrogen-bond acceptors (Lipinski definition) is 6. The van der Waals surface area contributed by atoms with Crippen molar-refractivity contribution in [2.24, 2.45) is 5.92 Å². The number of sulfonamides is 1. The van der Waals surface area contributed by atoms with E-state index in [0.29, 0.717) is 30.3 Å². The number of anilines is 1. The third kappa shape index (κ3) is 4.05. The van der Waals surface area contributed by atoms with E-state index in [2.05, 4.69) is 10.3 Å².